The summed E-state index contributed by atoms with van der Waals surface area (Å²) in [5.41, 5.74) is 3.22. The molecule has 0 saturated carbocycles. The van der Waals surface area contributed by atoms with Gasteiger partial charge in [0.05, 0.1) is 24.3 Å². The highest BCUT2D eigenvalue weighted by Gasteiger charge is 2.32. The molecule has 2 amide bonds. The van der Waals surface area contributed by atoms with Gasteiger partial charge in [0.1, 0.15) is 5.75 Å². The van der Waals surface area contributed by atoms with Crippen LogP contribution in [0.1, 0.15) is 32.3 Å². The second-order valence-electron chi connectivity index (χ2n) is 9.03. The molecular weight excluding hydrogens is 524 g/mol. The fourth-order valence-electron chi connectivity index (χ4n) is 3.90. The molecule has 12 heteroatoms. The number of ether oxygens (including phenoxy) is 3. The Labute approximate surface area is 229 Å². The normalized spacial score (nSPS) is 14.7. The third kappa shape index (κ3) is 8.17. The number of nitrogens with zero attached hydrogens (tertiary/aromatic N) is 3. The van der Waals surface area contributed by atoms with Crippen LogP contribution >= 0.6 is 0 Å². The van der Waals surface area contributed by atoms with Gasteiger partial charge in [0, 0.05) is 33.1 Å². The molecule has 1 heterocycles. The maximum atomic E-state index is 13.0. The number of amides is 2. The smallest absolute Gasteiger partial charge is 0.259 e. The Morgan fingerprint density at radius 2 is 1.67 bits per heavy atom. The minimum atomic E-state index is -3.65. The van der Waals surface area contributed by atoms with Crippen LogP contribution in [0.2, 0.25) is 0 Å². The van der Waals surface area contributed by atoms with Crippen molar-refractivity contribution in [1.82, 2.24) is 14.6 Å². The summed E-state index contributed by atoms with van der Waals surface area (Å²) in [4.78, 5) is 26.1. The predicted octanol–water partition coefficient (Wildman–Crippen LogP) is 2.50. The van der Waals surface area contributed by atoms with E-state index in [1.807, 2.05) is 13.8 Å². The van der Waals surface area contributed by atoms with Crippen LogP contribution in [0.25, 0.3) is 0 Å². The van der Waals surface area contributed by atoms with Crippen molar-refractivity contribution in [2.24, 2.45) is 11.0 Å². The van der Waals surface area contributed by atoms with E-state index in [2.05, 4.69) is 10.5 Å². The molecular formula is C27H36N4O7S. The van der Waals surface area contributed by atoms with Gasteiger partial charge in [-0.1, -0.05) is 0 Å². The highest BCUT2D eigenvalue weighted by Crippen LogP contribution is 2.28. The molecule has 11 nitrogen and oxygen atoms in total. The first-order valence-corrected chi connectivity index (χ1v) is 14.3. The van der Waals surface area contributed by atoms with E-state index in [4.69, 9.17) is 14.2 Å². The van der Waals surface area contributed by atoms with E-state index in [9.17, 15) is 18.0 Å². The number of rotatable bonds is 12. The van der Waals surface area contributed by atoms with Gasteiger partial charge in [-0.25, -0.2) is 13.8 Å². The minimum Gasteiger partial charge on any atom is -0.494 e. The summed E-state index contributed by atoms with van der Waals surface area (Å²) < 4.78 is 44.0. The van der Waals surface area contributed by atoms with Crippen molar-refractivity contribution >= 4 is 28.1 Å². The summed E-state index contributed by atoms with van der Waals surface area (Å²) in [5.74, 6) is 0.711. The Bertz CT molecular complexity index is 1260. The van der Waals surface area contributed by atoms with Crippen molar-refractivity contribution in [2.75, 3.05) is 47.0 Å². The second kappa shape index (κ2) is 13.9. The molecule has 2 aromatic rings. The first-order valence-electron chi connectivity index (χ1n) is 12.8. The minimum absolute atomic E-state index is 0.114. The summed E-state index contributed by atoms with van der Waals surface area (Å²) >= 11 is 0. The highest BCUT2D eigenvalue weighted by atomic mass is 32.2. The van der Waals surface area contributed by atoms with Crippen molar-refractivity contribution < 1.29 is 32.2 Å². The molecule has 0 bridgehead atoms. The Kier molecular flexibility index (Phi) is 10.7. The number of nitrogens with one attached hydrogen (secondary N) is 1. The summed E-state index contributed by atoms with van der Waals surface area (Å²) in [5, 5.41) is 4.06. The summed E-state index contributed by atoms with van der Waals surface area (Å²) in [6.07, 6.45) is 2.27. The number of piperidine rings is 1. The predicted molar refractivity (Wildman–Crippen MR) is 147 cm³/mol. The van der Waals surface area contributed by atoms with Gasteiger partial charge in [-0.05, 0) is 74.7 Å². The first kappa shape index (κ1) is 29.9. The topological polar surface area (TPSA) is 127 Å². The van der Waals surface area contributed by atoms with Crippen molar-refractivity contribution in [1.29, 1.82) is 0 Å². The van der Waals surface area contributed by atoms with Gasteiger partial charge in [-0.15, -0.1) is 0 Å². The lowest BCUT2D eigenvalue weighted by Crippen LogP contribution is -2.42. The zero-order chi connectivity index (χ0) is 28.4. The molecule has 39 heavy (non-hydrogen) atoms. The second-order valence-corrected chi connectivity index (χ2v) is 11.0. The van der Waals surface area contributed by atoms with Crippen molar-refractivity contribution in [3.8, 4) is 17.2 Å². The first-order chi connectivity index (χ1) is 18.6. The number of hydrazone groups is 1. The molecule has 1 N–H and O–H groups in total. The van der Waals surface area contributed by atoms with Gasteiger partial charge in [0.2, 0.25) is 15.9 Å². The lowest BCUT2D eigenvalue weighted by atomic mass is 9.98. The standard InChI is InChI=1S/C27H36N4O7S/c1-5-36-22-8-10-23(11-9-22)39(34,35)31-15-13-21(14-16-31)27(33)29-28-18-20-7-12-24(25(17-20)37-6-2)38-19-26(32)30(3)4/h7-12,17-18,21H,5-6,13-16,19H2,1-4H3,(H,29,33)/b28-18-. The summed E-state index contributed by atoms with van der Waals surface area (Å²) in [7, 11) is -0.347. The van der Waals surface area contributed by atoms with Gasteiger partial charge in [0.15, 0.2) is 18.1 Å². The van der Waals surface area contributed by atoms with Crippen molar-refractivity contribution in [3.05, 3.63) is 48.0 Å². The van der Waals surface area contributed by atoms with Gasteiger partial charge in [0.25, 0.3) is 5.91 Å². The lowest BCUT2D eigenvalue weighted by Gasteiger charge is -2.30. The molecule has 1 aliphatic rings. The van der Waals surface area contributed by atoms with E-state index in [0.29, 0.717) is 48.9 Å². The van der Waals surface area contributed by atoms with Crippen LogP contribution in [-0.2, 0) is 19.6 Å². The summed E-state index contributed by atoms with van der Waals surface area (Å²) in [6.45, 7) is 4.98. The number of benzene rings is 2. The fraction of sp³-hybridized carbons (Fsp3) is 0.444. The number of carbonyl (C=O) groups excluding carboxylic acids is 2. The van der Waals surface area contributed by atoms with Crippen LogP contribution in [0.4, 0.5) is 0 Å². The summed E-state index contributed by atoms with van der Waals surface area (Å²) in [6, 6.07) is 11.5. The lowest BCUT2D eigenvalue weighted by molar-refractivity contribution is -0.130. The monoisotopic (exact) mass is 560 g/mol. The van der Waals surface area contributed by atoms with Crippen molar-refractivity contribution in [2.45, 2.75) is 31.6 Å². The molecule has 1 aliphatic heterocycles. The van der Waals surface area contributed by atoms with Gasteiger partial charge >= 0.3 is 0 Å². The number of hydrogen-bond donors (Lipinski definition) is 1. The molecule has 3 rings (SSSR count). The molecule has 0 unspecified atom stereocenters. The van der Waals surface area contributed by atoms with Gasteiger partial charge in [-0.2, -0.15) is 9.41 Å². The third-order valence-electron chi connectivity index (χ3n) is 6.10. The molecule has 2 aromatic carbocycles. The van der Waals surface area contributed by atoms with Crippen LogP contribution in [-0.4, -0.2) is 82.7 Å². The zero-order valence-corrected chi connectivity index (χ0v) is 23.6. The maximum absolute atomic E-state index is 13.0. The SMILES string of the molecule is CCOc1ccc(S(=O)(=O)N2CCC(C(=O)N/N=C\c3ccc(OCC(=O)N(C)C)c(OCC)c3)CC2)cc1. The molecule has 212 valence electrons. The molecule has 0 aromatic heterocycles. The number of sulfonamides is 1. The third-order valence-corrected chi connectivity index (χ3v) is 8.02. The quantitative estimate of drug-likeness (QED) is 0.312. The molecule has 1 saturated heterocycles. The van der Waals surface area contributed by atoms with E-state index >= 15 is 0 Å². The average molecular weight is 561 g/mol. The Morgan fingerprint density at radius 3 is 2.28 bits per heavy atom. The van der Waals surface area contributed by atoms with E-state index in [-0.39, 0.29) is 42.3 Å². The largest absolute Gasteiger partial charge is 0.494 e. The van der Waals surface area contributed by atoms with Crippen LogP contribution in [0.3, 0.4) is 0 Å². The maximum Gasteiger partial charge on any atom is 0.259 e. The van der Waals surface area contributed by atoms with Crippen LogP contribution in [0, 0.1) is 5.92 Å². The highest BCUT2D eigenvalue weighted by molar-refractivity contribution is 7.89. The van der Waals surface area contributed by atoms with Crippen LogP contribution in [0.15, 0.2) is 52.5 Å². The molecule has 0 radical (unpaired) electrons. The zero-order valence-electron chi connectivity index (χ0n) is 22.8. The van der Waals surface area contributed by atoms with Crippen LogP contribution < -0.4 is 19.6 Å². The van der Waals surface area contributed by atoms with Gasteiger partial charge in [-0.3, -0.25) is 9.59 Å². The van der Waals surface area contributed by atoms with E-state index in [1.54, 1.807) is 44.4 Å². The molecule has 0 aliphatic carbocycles. The van der Waals surface area contributed by atoms with Crippen LogP contribution in [0.5, 0.6) is 17.2 Å². The number of hydrogen-bond acceptors (Lipinski definition) is 8. The fourth-order valence-corrected chi connectivity index (χ4v) is 5.37. The molecule has 0 atom stereocenters. The van der Waals surface area contributed by atoms with E-state index in [1.165, 1.54) is 27.6 Å². The number of likely N-dealkylation sites (N-methyl/N-ethyl adjacent to an activating group) is 1. The Morgan fingerprint density at radius 1 is 1.00 bits per heavy atom. The average Bonchev–Trinajstić information content (AvgIpc) is 2.93. The molecule has 1 fully saturated rings. The van der Waals surface area contributed by atoms with Crippen molar-refractivity contribution in [3.63, 3.8) is 0 Å². The Hall–Kier alpha value is -3.64. The van der Waals surface area contributed by atoms with E-state index in [0.717, 1.165) is 0 Å². The number of carbonyl (C=O) groups is 2. The Balaban J connectivity index is 1.53. The molecule has 0 spiro atoms. The van der Waals surface area contributed by atoms with E-state index < -0.39 is 10.0 Å². The van der Waals surface area contributed by atoms with Gasteiger partial charge < -0.3 is 19.1 Å².